The minimum Gasteiger partial charge on any atom is -0.377 e. The fourth-order valence-electron chi connectivity index (χ4n) is 2.24. The van der Waals surface area contributed by atoms with E-state index in [4.69, 9.17) is 14.7 Å². The normalized spacial score (nSPS) is 23.1. The van der Waals surface area contributed by atoms with Crippen molar-refractivity contribution in [2.24, 2.45) is 0 Å². The van der Waals surface area contributed by atoms with Crippen LogP contribution in [0, 0.1) is 18.3 Å². The molecular formula is C13H17N3O2. The number of pyridine rings is 1. The van der Waals surface area contributed by atoms with Gasteiger partial charge in [-0.05, 0) is 19.1 Å². The molecule has 0 spiro atoms. The van der Waals surface area contributed by atoms with Crippen LogP contribution in [0.1, 0.15) is 11.3 Å². The molecule has 18 heavy (non-hydrogen) atoms. The van der Waals surface area contributed by atoms with Crippen molar-refractivity contribution in [3.63, 3.8) is 0 Å². The molecule has 96 valence electrons. The van der Waals surface area contributed by atoms with Crippen LogP contribution < -0.4 is 4.90 Å². The van der Waals surface area contributed by atoms with E-state index in [-0.39, 0.29) is 12.2 Å². The van der Waals surface area contributed by atoms with E-state index in [1.165, 1.54) is 0 Å². The van der Waals surface area contributed by atoms with Crippen LogP contribution in [-0.4, -0.2) is 44.5 Å². The Labute approximate surface area is 107 Å². The van der Waals surface area contributed by atoms with Gasteiger partial charge in [0.2, 0.25) is 0 Å². The fourth-order valence-corrected chi connectivity index (χ4v) is 2.24. The second-order valence-corrected chi connectivity index (χ2v) is 4.39. The smallest absolute Gasteiger partial charge is 0.146 e. The third-order valence-corrected chi connectivity index (χ3v) is 3.26. The Balaban J connectivity index is 2.28. The van der Waals surface area contributed by atoms with Crippen LogP contribution in [0.25, 0.3) is 0 Å². The molecule has 1 aliphatic heterocycles. The first-order chi connectivity index (χ1) is 8.69. The lowest BCUT2D eigenvalue weighted by atomic mass is 10.2. The monoisotopic (exact) mass is 247 g/mol. The molecule has 1 aliphatic rings. The summed E-state index contributed by atoms with van der Waals surface area (Å²) >= 11 is 0. The highest BCUT2D eigenvalue weighted by atomic mass is 16.5. The van der Waals surface area contributed by atoms with Crippen molar-refractivity contribution in [2.45, 2.75) is 19.1 Å². The molecule has 1 saturated heterocycles. The number of nitriles is 1. The molecule has 2 rings (SSSR count). The van der Waals surface area contributed by atoms with Gasteiger partial charge in [-0.1, -0.05) is 0 Å². The first-order valence-corrected chi connectivity index (χ1v) is 5.88. The summed E-state index contributed by atoms with van der Waals surface area (Å²) in [4.78, 5) is 6.51. The van der Waals surface area contributed by atoms with Gasteiger partial charge in [-0.15, -0.1) is 0 Å². The molecule has 2 unspecified atom stereocenters. The second-order valence-electron chi connectivity index (χ2n) is 4.39. The minimum absolute atomic E-state index is 0.0175. The Hall–Kier alpha value is -1.64. The maximum Gasteiger partial charge on any atom is 0.146 e. The molecule has 0 aromatic carbocycles. The van der Waals surface area contributed by atoms with Gasteiger partial charge in [0.1, 0.15) is 24.1 Å². The van der Waals surface area contributed by atoms with Gasteiger partial charge < -0.3 is 14.4 Å². The fraction of sp³-hybridized carbons (Fsp3) is 0.538. The number of aromatic nitrogens is 1. The summed E-state index contributed by atoms with van der Waals surface area (Å²) in [5.41, 5.74) is 1.49. The Morgan fingerprint density at radius 1 is 1.28 bits per heavy atom. The Morgan fingerprint density at radius 2 is 1.89 bits per heavy atom. The number of aryl methyl sites for hydroxylation is 1. The lowest BCUT2D eigenvalue weighted by Gasteiger charge is -2.18. The highest BCUT2D eigenvalue weighted by Gasteiger charge is 2.34. The quantitative estimate of drug-likeness (QED) is 0.801. The van der Waals surface area contributed by atoms with E-state index in [1.54, 1.807) is 20.3 Å². The summed E-state index contributed by atoms with van der Waals surface area (Å²) in [5, 5.41) is 9.14. The Bertz CT molecular complexity index is 458. The molecule has 5 nitrogen and oxygen atoms in total. The van der Waals surface area contributed by atoms with Crippen LogP contribution in [0.15, 0.2) is 12.1 Å². The van der Waals surface area contributed by atoms with Crippen molar-refractivity contribution in [1.82, 2.24) is 4.98 Å². The van der Waals surface area contributed by atoms with Crippen molar-refractivity contribution >= 4 is 5.82 Å². The molecule has 2 atom stereocenters. The zero-order valence-electron chi connectivity index (χ0n) is 10.9. The Morgan fingerprint density at radius 3 is 2.39 bits per heavy atom. The van der Waals surface area contributed by atoms with Gasteiger partial charge in [-0.2, -0.15) is 5.26 Å². The van der Waals surface area contributed by atoms with Crippen molar-refractivity contribution in [1.29, 1.82) is 5.26 Å². The first kappa shape index (κ1) is 12.8. The zero-order chi connectivity index (χ0) is 13.1. The number of ether oxygens (including phenoxy) is 2. The molecule has 0 amide bonds. The lowest BCUT2D eigenvalue weighted by Crippen LogP contribution is -2.27. The van der Waals surface area contributed by atoms with Crippen molar-refractivity contribution in [3.8, 4) is 6.07 Å². The predicted molar refractivity (Wildman–Crippen MR) is 67.5 cm³/mol. The molecule has 1 aromatic rings. The van der Waals surface area contributed by atoms with Crippen LogP contribution in [-0.2, 0) is 9.47 Å². The number of rotatable bonds is 3. The van der Waals surface area contributed by atoms with Crippen LogP contribution >= 0.6 is 0 Å². The van der Waals surface area contributed by atoms with Crippen LogP contribution in [0.3, 0.4) is 0 Å². The summed E-state index contributed by atoms with van der Waals surface area (Å²) in [6, 6.07) is 5.83. The third kappa shape index (κ3) is 2.30. The van der Waals surface area contributed by atoms with Gasteiger partial charge in [0.25, 0.3) is 0 Å². The first-order valence-electron chi connectivity index (χ1n) is 5.88. The summed E-state index contributed by atoms with van der Waals surface area (Å²) in [7, 11) is 3.35. The van der Waals surface area contributed by atoms with E-state index in [0.29, 0.717) is 18.7 Å². The van der Waals surface area contributed by atoms with Crippen molar-refractivity contribution in [2.75, 3.05) is 32.2 Å². The maximum absolute atomic E-state index is 9.14. The van der Waals surface area contributed by atoms with Gasteiger partial charge in [0.15, 0.2) is 0 Å². The van der Waals surface area contributed by atoms with Crippen molar-refractivity contribution < 1.29 is 9.47 Å². The van der Waals surface area contributed by atoms with E-state index in [0.717, 1.165) is 11.5 Å². The summed E-state index contributed by atoms with van der Waals surface area (Å²) in [5.74, 6) is 0.721. The van der Waals surface area contributed by atoms with Crippen LogP contribution in [0.2, 0.25) is 0 Å². The van der Waals surface area contributed by atoms with Gasteiger partial charge in [-0.3, -0.25) is 0 Å². The highest BCUT2D eigenvalue weighted by Crippen LogP contribution is 2.24. The average Bonchev–Trinajstić information content (AvgIpc) is 2.81. The van der Waals surface area contributed by atoms with Gasteiger partial charge in [-0.25, -0.2) is 4.98 Å². The van der Waals surface area contributed by atoms with Gasteiger partial charge in [0, 0.05) is 33.0 Å². The number of anilines is 1. The third-order valence-electron chi connectivity index (χ3n) is 3.26. The molecule has 0 aliphatic carbocycles. The Kier molecular flexibility index (Phi) is 3.80. The molecule has 1 fully saturated rings. The molecule has 1 aromatic heterocycles. The van der Waals surface area contributed by atoms with Crippen LogP contribution in [0.5, 0.6) is 0 Å². The topological polar surface area (TPSA) is 58.4 Å². The molecule has 5 heteroatoms. The molecule has 0 bridgehead atoms. The number of hydrogen-bond donors (Lipinski definition) is 0. The molecule has 0 N–H and O–H groups in total. The maximum atomic E-state index is 9.14. The molecule has 2 heterocycles. The van der Waals surface area contributed by atoms with E-state index in [1.807, 2.05) is 17.9 Å². The minimum atomic E-state index is 0.0175. The molecule has 0 saturated carbocycles. The van der Waals surface area contributed by atoms with E-state index < -0.39 is 0 Å². The SMILES string of the molecule is COC1CN(c2nc(C)ccc2C#N)CC1OC. The van der Waals surface area contributed by atoms with E-state index in [2.05, 4.69) is 11.1 Å². The molecular weight excluding hydrogens is 230 g/mol. The van der Waals surface area contributed by atoms with E-state index in [9.17, 15) is 0 Å². The standard InChI is InChI=1S/C13H17N3O2/c1-9-4-5-10(6-14)13(15-9)16-7-11(17-2)12(8-16)18-3/h4-5,11-12H,7-8H2,1-3H3. The average molecular weight is 247 g/mol. The summed E-state index contributed by atoms with van der Waals surface area (Å²) in [6.45, 7) is 3.31. The summed E-state index contributed by atoms with van der Waals surface area (Å²) < 4.78 is 10.8. The van der Waals surface area contributed by atoms with Crippen LogP contribution in [0.4, 0.5) is 5.82 Å². The van der Waals surface area contributed by atoms with Gasteiger partial charge >= 0.3 is 0 Å². The highest BCUT2D eigenvalue weighted by molar-refractivity contribution is 5.55. The second kappa shape index (κ2) is 5.34. The predicted octanol–water partition coefficient (Wildman–Crippen LogP) is 1.11. The number of hydrogen-bond acceptors (Lipinski definition) is 5. The largest absolute Gasteiger partial charge is 0.377 e. The number of nitrogens with zero attached hydrogens (tertiary/aromatic N) is 3. The van der Waals surface area contributed by atoms with Gasteiger partial charge in [0.05, 0.1) is 5.56 Å². The molecule has 0 radical (unpaired) electrons. The lowest BCUT2D eigenvalue weighted by molar-refractivity contribution is -0.00461. The van der Waals surface area contributed by atoms with Crippen molar-refractivity contribution in [3.05, 3.63) is 23.4 Å². The number of methoxy groups -OCH3 is 2. The summed E-state index contributed by atoms with van der Waals surface area (Å²) in [6.07, 6.45) is 0.0349. The zero-order valence-corrected chi connectivity index (χ0v) is 10.9. The van der Waals surface area contributed by atoms with E-state index >= 15 is 0 Å².